The number of benzene rings is 2. The first-order valence-corrected chi connectivity index (χ1v) is 13.3. The zero-order valence-corrected chi connectivity index (χ0v) is 21.6. The van der Waals surface area contributed by atoms with E-state index in [4.69, 9.17) is 0 Å². The number of carboxylic acid groups (broad SMARTS) is 1. The number of carbonyl (C=O) groups excluding carboxylic acids is 2. The zero-order chi connectivity index (χ0) is 30.3. The molecule has 2 amide bonds. The predicted molar refractivity (Wildman–Crippen MR) is 126 cm³/mol. The second-order valence-corrected chi connectivity index (χ2v) is 10.9. The van der Waals surface area contributed by atoms with E-state index >= 15 is 0 Å². The average Bonchev–Trinajstić information content (AvgIpc) is 3.21. The number of amides is 2. The van der Waals surface area contributed by atoms with E-state index in [1.54, 1.807) is 0 Å². The molecular weight excluding hydrogens is 574 g/mol. The van der Waals surface area contributed by atoms with Crippen LogP contribution in [0.1, 0.15) is 36.1 Å². The van der Waals surface area contributed by atoms with E-state index < -0.39 is 70.2 Å². The van der Waals surface area contributed by atoms with Crippen molar-refractivity contribution >= 4 is 33.5 Å². The fraction of sp³-hybridized carbons (Fsp3) is 0.375. The number of nitrogens with zero attached hydrogens (tertiary/aromatic N) is 1. The van der Waals surface area contributed by atoms with Crippen LogP contribution >= 0.6 is 0 Å². The summed E-state index contributed by atoms with van der Waals surface area (Å²) in [5.74, 6) is -2.72. The highest BCUT2D eigenvalue weighted by molar-refractivity contribution is 7.90. The standard InChI is InChI=1S/C24H22F6N2O7S/c1-3-39-18(33)11-22(23(25,26)27,24(28,29)30)14-4-6-15(7-5-14)31-20(34)19-17-9-8-16(40(2,37)38)10-13(17)12-32(19)21(35)36/h4-10,19H,3,11-12H2,1-2H3,(H,31,34)(H,35,36). The molecule has 1 aliphatic rings. The number of hydrogen-bond donors (Lipinski definition) is 2. The van der Waals surface area contributed by atoms with Gasteiger partial charge in [-0.25, -0.2) is 13.2 Å². The number of rotatable bonds is 7. The van der Waals surface area contributed by atoms with Gasteiger partial charge in [-0.1, -0.05) is 18.2 Å². The highest BCUT2D eigenvalue weighted by Gasteiger charge is 2.72. The number of esters is 1. The molecule has 3 rings (SSSR count). The Hall–Kier alpha value is -3.82. The molecule has 16 heteroatoms. The van der Waals surface area contributed by atoms with Crippen molar-refractivity contribution in [3.63, 3.8) is 0 Å². The Morgan fingerprint density at radius 1 is 1.02 bits per heavy atom. The lowest BCUT2D eigenvalue weighted by Gasteiger charge is -2.37. The monoisotopic (exact) mass is 596 g/mol. The molecule has 1 heterocycles. The molecule has 2 aromatic rings. The van der Waals surface area contributed by atoms with Gasteiger partial charge in [0.25, 0.3) is 5.91 Å². The molecule has 0 fully saturated rings. The third kappa shape index (κ3) is 5.71. The molecule has 218 valence electrons. The van der Waals surface area contributed by atoms with Crippen molar-refractivity contribution in [2.24, 2.45) is 0 Å². The molecule has 2 aromatic carbocycles. The Balaban J connectivity index is 1.97. The van der Waals surface area contributed by atoms with Crippen molar-refractivity contribution in [3.05, 3.63) is 59.2 Å². The number of anilines is 1. The van der Waals surface area contributed by atoms with Crippen LogP contribution in [0.4, 0.5) is 36.8 Å². The van der Waals surface area contributed by atoms with Crippen LogP contribution < -0.4 is 5.32 Å². The van der Waals surface area contributed by atoms with Crippen molar-refractivity contribution in [2.45, 2.75) is 48.6 Å². The van der Waals surface area contributed by atoms with Gasteiger partial charge >= 0.3 is 24.4 Å². The maximum absolute atomic E-state index is 13.9. The Morgan fingerprint density at radius 2 is 1.60 bits per heavy atom. The summed E-state index contributed by atoms with van der Waals surface area (Å²) < 4.78 is 112. The molecule has 0 spiro atoms. The van der Waals surface area contributed by atoms with E-state index in [1.165, 1.54) is 25.1 Å². The number of ether oxygens (including phenoxy) is 1. The van der Waals surface area contributed by atoms with E-state index in [2.05, 4.69) is 10.1 Å². The highest BCUT2D eigenvalue weighted by atomic mass is 32.2. The average molecular weight is 597 g/mol. The molecule has 9 nitrogen and oxygen atoms in total. The maximum Gasteiger partial charge on any atom is 0.408 e. The van der Waals surface area contributed by atoms with Crippen LogP contribution in [0.5, 0.6) is 0 Å². The minimum Gasteiger partial charge on any atom is -0.466 e. The third-order valence-electron chi connectivity index (χ3n) is 6.31. The minimum absolute atomic E-state index is 0.117. The summed E-state index contributed by atoms with van der Waals surface area (Å²) in [5, 5.41) is 11.8. The van der Waals surface area contributed by atoms with Gasteiger partial charge in [-0.05, 0) is 47.9 Å². The van der Waals surface area contributed by atoms with Gasteiger partial charge in [-0.2, -0.15) is 26.3 Å². The summed E-state index contributed by atoms with van der Waals surface area (Å²) >= 11 is 0. The Morgan fingerprint density at radius 3 is 2.08 bits per heavy atom. The van der Waals surface area contributed by atoms with Crippen LogP contribution in [0, 0.1) is 0 Å². The van der Waals surface area contributed by atoms with E-state index in [0.717, 1.165) is 18.4 Å². The lowest BCUT2D eigenvalue weighted by molar-refractivity contribution is -0.305. The lowest BCUT2D eigenvalue weighted by atomic mass is 9.76. The molecule has 1 aliphatic heterocycles. The van der Waals surface area contributed by atoms with Crippen molar-refractivity contribution < 1.29 is 59.0 Å². The Bertz CT molecular complexity index is 1410. The molecule has 2 N–H and O–H groups in total. The Labute approximate surface area is 223 Å². The number of alkyl halides is 6. The largest absolute Gasteiger partial charge is 0.466 e. The van der Waals surface area contributed by atoms with Crippen LogP contribution in [0.15, 0.2) is 47.4 Å². The first-order chi connectivity index (χ1) is 18.3. The fourth-order valence-electron chi connectivity index (χ4n) is 4.39. The molecule has 1 unspecified atom stereocenters. The molecule has 0 bridgehead atoms. The first-order valence-electron chi connectivity index (χ1n) is 11.4. The number of halogens is 6. The molecule has 0 radical (unpaired) electrons. The first kappa shape index (κ1) is 30.7. The fourth-order valence-corrected chi connectivity index (χ4v) is 5.06. The summed E-state index contributed by atoms with van der Waals surface area (Å²) in [4.78, 5) is 37.2. The number of nitrogens with one attached hydrogen (secondary N) is 1. The minimum atomic E-state index is -5.96. The molecule has 0 saturated heterocycles. The van der Waals surface area contributed by atoms with Gasteiger partial charge in [-0.3, -0.25) is 14.5 Å². The molecule has 1 atom stereocenters. The SMILES string of the molecule is CCOC(=O)CC(c1ccc(NC(=O)C2c3ccc(S(C)(=O)=O)cc3CN2C(=O)O)cc1)(C(F)(F)F)C(F)(F)F. The van der Waals surface area contributed by atoms with Crippen molar-refractivity contribution in [3.8, 4) is 0 Å². The summed E-state index contributed by atoms with van der Waals surface area (Å²) in [7, 11) is -3.65. The molecule has 0 saturated carbocycles. The molecule has 0 aromatic heterocycles. The van der Waals surface area contributed by atoms with Crippen LogP contribution in [0.3, 0.4) is 0 Å². The van der Waals surface area contributed by atoms with Crippen molar-refractivity contribution in [1.82, 2.24) is 4.90 Å². The second kappa shape index (κ2) is 10.6. The quantitative estimate of drug-likeness (QED) is 0.354. The van der Waals surface area contributed by atoms with Gasteiger partial charge in [0.2, 0.25) is 0 Å². The number of carbonyl (C=O) groups is 3. The Kier molecular flexibility index (Phi) is 8.16. The van der Waals surface area contributed by atoms with E-state index in [-0.39, 0.29) is 28.3 Å². The lowest BCUT2D eigenvalue weighted by Crippen LogP contribution is -2.55. The topological polar surface area (TPSA) is 130 Å². The van der Waals surface area contributed by atoms with Gasteiger partial charge in [0.15, 0.2) is 15.3 Å². The maximum atomic E-state index is 13.9. The van der Waals surface area contributed by atoms with E-state index in [0.29, 0.717) is 17.0 Å². The van der Waals surface area contributed by atoms with Crippen LogP contribution in [0.2, 0.25) is 0 Å². The normalized spacial score (nSPS) is 15.9. The van der Waals surface area contributed by atoms with Gasteiger partial charge in [0, 0.05) is 11.9 Å². The van der Waals surface area contributed by atoms with Crippen molar-refractivity contribution in [2.75, 3.05) is 18.2 Å². The van der Waals surface area contributed by atoms with Gasteiger partial charge in [-0.15, -0.1) is 0 Å². The molecular formula is C24H22F6N2O7S. The van der Waals surface area contributed by atoms with Gasteiger partial charge in [0.1, 0.15) is 6.04 Å². The van der Waals surface area contributed by atoms with E-state index in [9.17, 15) is 54.3 Å². The van der Waals surface area contributed by atoms with Gasteiger partial charge in [0.05, 0.1) is 24.5 Å². The molecule has 40 heavy (non-hydrogen) atoms. The number of hydrogen-bond acceptors (Lipinski definition) is 6. The number of fused-ring (bicyclic) bond motifs is 1. The third-order valence-corrected chi connectivity index (χ3v) is 7.42. The van der Waals surface area contributed by atoms with E-state index in [1.807, 2.05) is 0 Å². The second-order valence-electron chi connectivity index (χ2n) is 8.90. The van der Waals surface area contributed by atoms with Crippen LogP contribution in [0.25, 0.3) is 0 Å². The number of sulfone groups is 1. The van der Waals surface area contributed by atoms with Crippen LogP contribution in [-0.2, 0) is 36.1 Å². The summed E-state index contributed by atoms with van der Waals surface area (Å²) in [6, 6.07) is 4.53. The smallest absolute Gasteiger partial charge is 0.408 e. The van der Waals surface area contributed by atoms with Crippen molar-refractivity contribution in [1.29, 1.82) is 0 Å². The summed E-state index contributed by atoms with van der Waals surface area (Å²) in [5.41, 5.74) is -5.83. The summed E-state index contributed by atoms with van der Waals surface area (Å²) in [6.07, 6.45) is -14.6. The predicted octanol–water partition coefficient (Wildman–Crippen LogP) is 4.58. The van der Waals surface area contributed by atoms with Gasteiger partial charge < -0.3 is 15.2 Å². The summed E-state index contributed by atoms with van der Waals surface area (Å²) in [6.45, 7) is 0.429. The zero-order valence-electron chi connectivity index (χ0n) is 20.8. The molecule has 0 aliphatic carbocycles. The van der Waals surface area contributed by atoms with Crippen LogP contribution in [-0.4, -0.2) is 61.6 Å². The highest BCUT2D eigenvalue weighted by Crippen LogP contribution is 2.54.